The molecule has 14 heavy (non-hydrogen) atoms. The monoisotopic (exact) mass is 210 g/mol. The lowest BCUT2D eigenvalue weighted by atomic mass is 10.1. The Morgan fingerprint density at radius 2 is 2.21 bits per heavy atom. The lowest BCUT2D eigenvalue weighted by molar-refractivity contribution is 0.928. The molecule has 0 radical (unpaired) electrons. The van der Waals surface area contributed by atoms with Crippen molar-refractivity contribution >= 4 is 11.8 Å². The number of rotatable bonds is 1. The largest absolute Gasteiger partial charge is 0.326 e. The molecule has 1 aromatic rings. The Bertz CT molecular complexity index is 386. The van der Waals surface area contributed by atoms with Gasteiger partial charge in [0.15, 0.2) is 0 Å². The number of hydrogen-bond acceptors (Lipinski definition) is 3. The van der Waals surface area contributed by atoms with Gasteiger partial charge in [-0.2, -0.15) is 11.8 Å². The zero-order chi connectivity index (χ0) is 9.97. The molecule has 2 heterocycles. The number of H-pyrrole nitrogens is 1. The van der Waals surface area contributed by atoms with Gasteiger partial charge < -0.3 is 10.7 Å². The van der Waals surface area contributed by atoms with Crippen molar-refractivity contribution in [1.82, 2.24) is 4.98 Å². The van der Waals surface area contributed by atoms with Crippen LogP contribution in [0.15, 0.2) is 10.9 Å². The van der Waals surface area contributed by atoms with Crippen LogP contribution in [-0.2, 0) is 19.4 Å². The van der Waals surface area contributed by atoms with Crippen LogP contribution in [0.2, 0.25) is 0 Å². The molecular formula is C10H14N2OS. The van der Waals surface area contributed by atoms with Crippen molar-refractivity contribution in [3.05, 3.63) is 33.2 Å². The highest BCUT2D eigenvalue weighted by molar-refractivity contribution is 7.99. The van der Waals surface area contributed by atoms with E-state index in [1.165, 1.54) is 5.56 Å². The molecule has 1 aliphatic rings. The first-order valence-electron chi connectivity index (χ1n) is 4.83. The van der Waals surface area contributed by atoms with Crippen LogP contribution in [0.25, 0.3) is 0 Å². The third kappa shape index (κ3) is 1.86. The summed E-state index contributed by atoms with van der Waals surface area (Å²) in [4.78, 5) is 14.4. The summed E-state index contributed by atoms with van der Waals surface area (Å²) in [5.74, 6) is 2.24. The fourth-order valence-corrected chi connectivity index (χ4v) is 2.63. The summed E-state index contributed by atoms with van der Waals surface area (Å²) >= 11 is 1.94. The number of aromatic nitrogens is 1. The van der Waals surface area contributed by atoms with Gasteiger partial charge in [0.2, 0.25) is 0 Å². The number of pyridine rings is 1. The first kappa shape index (κ1) is 9.80. The van der Waals surface area contributed by atoms with Crippen LogP contribution in [0.3, 0.4) is 0 Å². The smallest absolute Gasteiger partial charge is 0.252 e. The molecule has 76 valence electrons. The van der Waals surface area contributed by atoms with Crippen molar-refractivity contribution in [2.24, 2.45) is 5.73 Å². The van der Waals surface area contributed by atoms with Crippen LogP contribution < -0.4 is 11.3 Å². The van der Waals surface area contributed by atoms with E-state index < -0.39 is 0 Å². The summed E-state index contributed by atoms with van der Waals surface area (Å²) in [6.07, 6.45) is 2.02. The fraction of sp³-hybridized carbons (Fsp3) is 0.500. The van der Waals surface area contributed by atoms with E-state index in [4.69, 9.17) is 5.73 Å². The molecule has 3 nitrogen and oxygen atoms in total. The number of hydrogen-bond donors (Lipinski definition) is 2. The van der Waals surface area contributed by atoms with E-state index in [0.717, 1.165) is 30.0 Å². The fourth-order valence-electron chi connectivity index (χ4n) is 1.72. The first-order valence-corrected chi connectivity index (χ1v) is 5.98. The van der Waals surface area contributed by atoms with Crippen molar-refractivity contribution in [3.8, 4) is 0 Å². The zero-order valence-electron chi connectivity index (χ0n) is 8.01. The van der Waals surface area contributed by atoms with Gasteiger partial charge in [-0.1, -0.05) is 0 Å². The van der Waals surface area contributed by atoms with Gasteiger partial charge in [-0.15, -0.1) is 0 Å². The highest BCUT2D eigenvalue weighted by atomic mass is 32.2. The van der Waals surface area contributed by atoms with E-state index in [0.29, 0.717) is 12.1 Å². The molecule has 0 amide bonds. The van der Waals surface area contributed by atoms with E-state index in [1.54, 1.807) is 0 Å². The van der Waals surface area contributed by atoms with Gasteiger partial charge in [0.1, 0.15) is 0 Å². The minimum absolute atomic E-state index is 0.0156. The topological polar surface area (TPSA) is 58.9 Å². The van der Waals surface area contributed by atoms with Gasteiger partial charge in [0, 0.05) is 17.8 Å². The van der Waals surface area contributed by atoms with Gasteiger partial charge >= 0.3 is 0 Å². The average molecular weight is 210 g/mol. The number of fused-ring (bicyclic) bond motifs is 1. The number of aryl methyl sites for hydroxylation is 2. The normalized spacial score (nSPS) is 16.1. The maximum absolute atomic E-state index is 11.5. The van der Waals surface area contributed by atoms with E-state index in [1.807, 2.05) is 17.8 Å². The maximum atomic E-state index is 11.5. The first-order chi connectivity index (χ1) is 6.81. The molecule has 0 bridgehead atoms. The molecule has 3 N–H and O–H groups in total. The van der Waals surface area contributed by atoms with Crippen molar-refractivity contribution in [2.75, 3.05) is 11.5 Å². The van der Waals surface area contributed by atoms with Gasteiger partial charge in [-0.3, -0.25) is 4.79 Å². The van der Waals surface area contributed by atoms with Crippen molar-refractivity contribution < 1.29 is 0 Å². The van der Waals surface area contributed by atoms with Gasteiger partial charge in [0.25, 0.3) is 5.56 Å². The maximum Gasteiger partial charge on any atom is 0.252 e. The highest BCUT2D eigenvalue weighted by Crippen LogP contribution is 2.17. The Balaban J connectivity index is 2.46. The molecular weight excluding hydrogens is 196 g/mol. The Kier molecular flexibility index (Phi) is 2.93. The Labute approximate surface area is 87.1 Å². The van der Waals surface area contributed by atoms with Gasteiger partial charge in [-0.05, 0) is 36.0 Å². The summed E-state index contributed by atoms with van der Waals surface area (Å²) in [6.45, 7) is 0.329. The van der Waals surface area contributed by atoms with Crippen LogP contribution in [0.4, 0.5) is 0 Å². The second-order valence-corrected chi connectivity index (χ2v) is 4.67. The quantitative estimate of drug-likeness (QED) is 0.716. The van der Waals surface area contributed by atoms with Crippen molar-refractivity contribution in [3.63, 3.8) is 0 Å². The van der Waals surface area contributed by atoms with Gasteiger partial charge in [-0.25, -0.2) is 0 Å². The summed E-state index contributed by atoms with van der Waals surface area (Å²) < 4.78 is 0. The number of thioether (sulfide) groups is 1. The zero-order valence-corrected chi connectivity index (χ0v) is 8.82. The van der Waals surface area contributed by atoms with E-state index in [9.17, 15) is 4.79 Å². The SMILES string of the molecule is NCc1cc2c([nH]c1=O)CCSCC2. The molecule has 0 saturated heterocycles. The molecule has 0 unspecified atom stereocenters. The molecule has 0 atom stereocenters. The molecule has 0 fully saturated rings. The van der Waals surface area contributed by atoms with Crippen LogP contribution in [0, 0.1) is 0 Å². The second-order valence-electron chi connectivity index (χ2n) is 3.44. The number of nitrogens with one attached hydrogen (secondary N) is 1. The molecule has 2 rings (SSSR count). The molecule has 0 saturated carbocycles. The Hall–Kier alpha value is -0.740. The molecule has 4 heteroatoms. The lowest BCUT2D eigenvalue weighted by Crippen LogP contribution is -2.19. The van der Waals surface area contributed by atoms with E-state index in [2.05, 4.69) is 4.98 Å². The summed E-state index contributed by atoms with van der Waals surface area (Å²) in [5, 5.41) is 0. The molecule has 1 aromatic heterocycles. The van der Waals surface area contributed by atoms with E-state index >= 15 is 0 Å². The summed E-state index contributed by atoms with van der Waals surface area (Å²) in [6, 6.07) is 1.97. The molecule has 0 aromatic carbocycles. The predicted molar refractivity (Wildman–Crippen MR) is 59.7 cm³/mol. The van der Waals surface area contributed by atoms with Crippen LogP contribution in [0.5, 0.6) is 0 Å². The summed E-state index contributed by atoms with van der Waals surface area (Å²) in [7, 11) is 0. The number of nitrogens with two attached hydrogens (primary N) is 1. The van der Waals surface area contributed by atoms with Gasteiger partial charge in [0.05, 0.1) is 0 Å². The van der Waals surface area contributed by atoms with Crippen LogP contribution in [-0.4, -0.2) is 16.5 Å². The highest BCUT2D eigenvalue weighted by Gasteiger charge is 2.10. The second kappa shape index (κ2) is 4.19. The minimum Gasteiger partial charge on any atom is -0.326 e. The summed E-state index contributed by atoms with van der Waals surface area (Å²) in [5.41, 5.74) is 8.57. The predicted octanol–water partition coefficient (Wildman–Crippen LogP) is 0.665. The van der Waals surface area contributed by atoms with Crippen LogP contribution >= 0.6 is 11.8 Å². The minimum atomic E-state index is -0.0156. The molecule has 0 spiro atoms. The van der Waals surface area contributed by atoms with E-state index in [-0.39, 0.29) is 5.56 Å². The Morgan fingerprint density at radius 3 is 3.00 bits per heavy atom. The third-order valence-electron chi connectivity index (χ3n) is 2.52. The average Bonchev–Trinajstić information content (AvgIpc) is 2.41. The third-order valence-corrected chi connectivity index (χ3v) is 3.51. The number of aromatic amines is 1. The van der Waals surface area contributed by atoms with Crippen molar-refractivity contribution in [2.45, 2.75) is 19.4 Å². The van der Waals surface area contributed by atoms with Crippen LogP contribution in [0.1, 0.15) is 16.8 Å². The van der Waals surface area contributed by atoms with Crippen molar-refractivity contribution in [1.29, 1.82) is 0 Å². The Morgan fingerprint density at radius 1 is 1.43 bits per heavy atom. The molecule has 0 aliphatic carbocycles. The molecule has 1 aliphatic heterocycles. The standard InChI is InChI=1S/C10H14N2OS/c11-6-8-5-7-1-3-14-4-2-9(7)12-10(8)13/h5H,1-4,6,11H2,(H,12,13). The lowest BCUT2D eigenvalue weighted by Gasteiger charge is -2.06.